The van der Waals surface area contributed by atoms with Gasteiger partial charge in [-0.05, 0) is 41.5 Å². The first-order valence-electron chi connectivity index (χ1n) is 7.43. The lowest BCUT2D eigenvalue weighted by atomic mass is 10.0. The molecule has 0 fully saturated rings. The van der Waals surface area contributed by atoms with Gasteiger partial charge in [-0.25, -0.2) is 14.4 Å². The summed E-state index contributed by atoms with van der Waals surface area (Å²) in [5, 5.41) is 0.0664. The highest BCUT2D eigenvalue weighted by Gasteiger charge is 2.49. The zero-order valence-electron chi connectivity index (χ0n) is 13.7. The Labute approximate surface area is 157 Å². The summed E-state index contributed by atoms with van der Waals surface area (Å²) in [6.45, 7) is 0. The Morgan fingerprint density at radius 2 is 1.62 bits per heavy atom. The molecule has 0 unspecified atom stereocenters. The highest BCUT2D eigenvalue weighted by Crippen LogP contribution is 2.35. The summed E-state index contributed by atoms with van der Waals surface area (Å²) in [6.07, 6.45) is -3.64. The van der Waals surface area contributed by atoms with Gasteiger partial charge in [0.1, 0.15) is 5.69 Å². The van der Waals surface area contributed by atoms with Crippen molar-refractivity contribution in [2.75, 3.05) is 0 Å². The first-order chi connectivity index (χ1) is 13.3. The molecule has 13 heteroatoms. The van der Waals surface area contributed by atoms with E-state index in [0.29, 0.717) is 18.2 Å². The molecule has 2 aromatic heterocycles. The second-order valence-corrected chi connectivity index (χ2v) is 7.09. The second-order valence-electron chi connectivity index (χ2n) is 5.55. The minimum Gasteiger partial charge on any atom is -0.373 e. The lowest BCUT2D eigenvalue weighted by molar-refractivity contribution is -0.141. The fraction of sp³-hybridized carbons (Fsp3) is 0.125. The third-order valence-electron chi connectivity index (χ3n) is 3.62. The Morgan fingerprint density at radius 1 is 0.931 bits per heavy atom. The van der Waals surface area contributed by atoms with Crippen LogP contribution in [0.4, 0.5) is 30.7 Å². The number of pyridine rings is 2. The lowest BCUT2D eigenvalue weighted by Gasteiger charge is -2.12. The van der Waals surface area contributed by atoms with E-state index in [1.807, 2.05) is 0 Å². The minimum atomic E-state index is -6.13. The van der Waals surface area contributed by atoms with Crippen molar-refractivity contribution in [2.24, 2.45) is 0 Å². The van der Waals surface area contributed by atoms with Gasteiger partial charge in [-0.3, -0.25) is 0 Å². The molecule has 154 valence electrons. The highest BCUT2D eigenvalue weighted by molar-refractivity contribution is 7.88. The first kappa shape index (κ1) is 20.8. The highest BCUT2D eigenvalue weighted by atomic mass is 32.2. The van der Waals surface area contributed by atoms with Crippen molar-refractivity contribution in [2.45, 2.75) is 11.7 Å². The maximum atomic E-state index is 13.8. The Hall–Kier alpha value is -2.96. The van der Waals surface area contributed by atoms with Crippen LogP contribution < -0.4 is 4.18 Å². The molecule has 5 nitrogen and oxygen atoms in total. The number of nitrogens with zero attached hydrogens (tertiary/aromatic N) is 2. The van der Waals surface area contributed by atoms with Gasteiger partial charge in [0.15, 0.2) is 17.2 Å². The van der Waals surface area contributed by atoms with Crippen LogP contribution in [0.2, 0.25) is 0 Å². The van der Waals surface area contributed by atoms with Gasteiger partial charge in [0, 0.05) is 11.6 Å². The van der Waals surface area contributed by atoms with Crippen LogP contribution in [-0.4, -0.2) is 23.9 Å². The summed E-state index contributed by atoms with van der Waals surface area (Å²) < 4.78 is 116. The monoisotopic (exact) mass is 440 g/mol. The van der Waals surface area contributed by atoms with Crippen LogP contribution in [0.1, 0.15) is 5.69 Å². The second kappa shape index (κ2) is 6.83. The number of alkyl halides is 6. The molecule has 0 spiro atoms. The largest absolute Gasteiger partial charge is 0.534 e. The fourth-order valence-electron chi connectivity index (χ4n) is 2.34. The maximum absolute atomic E-state index is 13.8. The molecule has 1 aromatic carbocycles. The lowest BCUT2D eigenvalue weighted by Crippen LogP contribution is -2.28. The van der Waals surface area contributed by atoms with Gasteiger partial charge >= 0.3 is 21.8 Å². The van der Waals surface area contributed by atoms with Crippen LogP contribution in [0.25, 0.3) is 22.2 Å². The zero-order valence-corrected chi connectivity index (χ0v) is 14.5. The van der Waals surface area contributed by atoms with Gasteiger partial charge in [0.2, 0.25) is 0 Å². The average Bonchev–Trinajstić information content (AvgIpc) is 2.60. The van der Waals surface area contributed by atoms with Crippen LogP contribution >= 0.6 is 0 Å². The molecular weight excluding hydrogens is 433 g/mol. The predicted molar refractivity (Wildman–Crippen MR) is 85.5 cm³/mol. The summed E-state index contributed by atoms with van der Waals surface area (Å²) >= 11 is 0. The third-order valence-corrected chi connectivity index (χ3v) is 4.58. The van der Waals surface area contributed by atoms with Gasteiger partial charge in [0.25, 0.3) is 0 Å². The van der Waals surface area contributed by atoms with Gasteiger partial charge in [-0.1, -0.05) is 6.07 Å². The summed E-state index contributed by atoms with van der Waals surface area (Å²) in [5.41, 5.74) is -7.24. The van der Waals surface area contributed by atoms with Crippen LogP contribution in [0.3, 0.4) is 0 Å². The predicted octanol–water partition coefficient (Wildman–Crippen LogP) is 4.68. The van der Waals surface area contributed by atoms with Crippen molar-refractivity contribution in [3.8, 4) is 16.9 Å². The van der Waals surface area contributed by atoms with Crippen molar-refractivity contribution in [3.05, 3.63) is 54.1 Å². The van der Waals surface area contributed by atoms with Crippen molar-refractivity contribution in [1.29, 1.82) is 0 Å². The number of aromatic nitrogens is 2. The average molecular weight is 440 g/mol. The van der Waals surface area contributed by atoms with Gasteiger partial charge in [-0.15, -0.1) is 0 Å². The Kier molecular flexibility index (Phi) is 4.89. The molecule has 0 amide bonds. The number of halogens is 7. The smallest absolute Gasteiger partial charge is 0.373 e. The molecule has 29 heavy (non-hydrogen) atoms. The zero-order chi connectivity index (χ0) is 21.6. The van der Waals surface area contributed by atoms with Crippen molar-refractivity contribution in [1.82, 2.24) is 9.97 Å². The molecule has 0 aliphatic rings. The molecule has 3 aromatic rings. The standard InChI is InChI=1S/C16H7F7N2O3S/c17-11-3-1-8(7-12(11)28-29(26,27)16(21,22)23)9-5-6-24-14-10(9)2-4-13(25-14)15(18,19)20/h1-7H. The van der Waals surface area contributed by atoms with E-state index in [9.17, 15) is 39.2 Å². The van der Waals surface area contributed by atoms with E-state index < -0.39 is 39.1 Å². The number of hydrogen-bond acceptors (Lipinski definition) is 5. The normalized spacial score (nSPS) is 12.9. The van der Waals surface area contributed by atoms with Crippen LogP contribution in [0.15, 0.2) is 42.6 Å². The summed E-state index contributed by atoms with van der Waals surface area (Å²) in [6, 6.07) is 5.39. The van der Waals surface area contributed by atoms with Gasteiger partial charge in [0.05, 0.1) is 0 Å². The molecule has 2 heterocycles. The van der Waals surface area contributed by atoms with Crippen LogP contribution in [0.5, 0.6) is 5.75 Å². The van der Waals surface area contributed by atoms with Crippen molar-refractivity contribution in [3.63, 3.8) is 0 Å². The SMILES string of the molecule is O=S(=O)(Oc1cc(-c2ccnc3nc(C(F)(F)F)ccc23)ccc1F)C(F)(F)F. The Bertz CT molecular complexity index is 1190. The van der Waals surface area contributed by atoms with E-state index in [0.717, 1.165) is 18.3 Å². The molecule has 0 saturated heterocycles. The molecule has 0 aliphatic carbocycles. The van der Waals surface area contributed by atoms with E-state index in [1.54, 1.807) is 0 Å². The third kappa shape index (κ3) is 4.09. The minimum absolute atomic E-state index is 0.0345. The summed E-state index contributed by atoms with van der Waals surface area (Å²) in [7, 11) is -6.13. The van der Waals surface area contributed by atoms with Crippen molar-refractivity contribution < 1.29 is 43.3 Å². The van der Waals surface area contributed by atoms with Crippen molar-refractivity contribution >= 4 is 21.2 Å². The topological polar surface area (TPSA) is 69.2 Å². The molecule has 0 saturated carbocycles. The Balaban J connectivity index is 2.11. The molecule has 0 aliphatic heterocycles. The molecular formula is C16H7F7N2O3S. The van der Waals surface area contributed by atoms with E-state index in [-0.39, 0.29) is 22.2 Å². The van der Waals surface area contributed by atoms with Gasteiger partial charge in [-0.2, -0.15) is 34.8 Å². The molecule has 0 radical (unpaired) electrons. The number of benzene rings is 1. The summed E-state index contributed by atoms with van der Waals surface area (Å²) in [5.74, 6) is -2.62. The Morgan fingerprint density at radius 3 is 2.24 bits per heavy atom. The number of fused-ring (bicyclic) bond motifs is 1. The van der Waals surface area contributed by atoms with Gasteiger partial charge < -0.3 is 4.18 Å². The molecule has 0 atom stereocenters. The van der Waals surface area contributed by atoms with Crippen LogP contribution in [0, 0.1) is 5.82 Å². The molecule has 0 N–H and O–H groups in total. The number of rotatable bonds is 3. The van der Waals surface area contributed by atoms with E-state index in [1.165, 1.54) is 6.07 Å². The van der Waals surface area contributed by atoms with E-state index in [2.05, 4.69) is 14.2 Å². The number of hydrogen-bond donors (Lipinski definition) is 0. The first-order valence-corrected chi connectivity index (χ1v) is 8.84. The molecule has 3 rings (SSSR count). The van der Waals surface area contributed by atoms with Crippen LogP contribution in [-0.2, 0) is 16.3 Å². The van der Waals surface area contributed by atoms with E-state index >= 15 is 0 Å². The maximum Gasteiger partial charge on any atom is 0.534 e. The fourth-order valence-corrected chi connectivity index (χ4v) is 2.80. The van der Waals surface area contributed by atoms with E-state index in [4.69, 9.17) is 0 Å². The molecule has 0 bridgehead atoms. The summed E-state index contributed by atoms with van der Waals surface area (Å²) in [4.78, 5) is 7.09. The quantitative estimate of drug-likeness (QED) is 0.336.